The van der Waals surface area contributed by atoms with Crippen molar-refractivity contribution in [2.45, 2.75) is 25.0 Å². The molecule has 1 aromatic rings. The number of nitrogens with zero attached hydrogens (tertiary/aromatic N) is 4. The SMILES string of the molecule is OC1CCN(c2cc(N3CCNCC(O)C3)ncn2)CC1. The third kappa shape index (κ3) is 3.61. The molecule has 7 heteroatoms. The van der Waals surface area contributed by atoms with Gasteiger partial charge in [0.1, 0.15) is 18.0 Å². The Bertz CT molecular complexity index is 464. The molecule has 2 fully saturated rings. The van der Waals surface area contributed by atoms with Crippen LogP contribution in [0.25, 0.3) is 0 Å². The van der Waals surface area contributed by atoms with Crippen molar-refractivity contribution in [3.8, 4) is 0 Å². The molecule has 7 nitrogen and oxygen atoms in total. The van der Waals surface area contributed by atoms with Crippen LogP contribution in [0.3, 0.4) is 0 Å². The van der Waals surface area contributed by atoms with Crippen LogP contribution in [0, 0.1) is 0 Å². The fraction of sp³-hybridized carbons (Fsp3) is 0.714. The van der Waals surface area contributed by atoms with E-state index in [0.29, 0.717) is 13.1 Å². The number of aromatic nitrogens is 2. The van der Waals surface area contributed by atoms with E-state index in [4.69, 9.17) is 0 Å². The Labute approximate surface area is 124 Å². The Morgan fingerprint density at radius 2 is 1.71 bits per heavy atom. The van der Waals surface area contributed by atoms with Gasteiger partial charge >= 0.3 is 0 Å². The molecule has 3 heterocycles. The summed E-state index contributed by atoms with van der Waals surface area (Å²) in [6.07, 6.45) is 2.59. The van der Waals surface area contributed by atoms with Gasteiger partial charge in [0.15, 0.2) is 0 Å². The van der Waals surface area contributed by atoms with Crippen molar-refractivity contribution in [2.24, 2.45) is 0 Å². The third-order valence-corrected chi connectivity index (χ3v) is 4.12. The van der Waals surface area contributed by atoms with Crippen LogP contribution in [-0.4, -0.2) is 71.7 Å². The molecule has 2 aliphatic rings. The van der Waals surface area contributed by atoms with Gasteiger partial charge in [-0.25, -0.2) is 9.97 Å². The van der Waals surface area contributed by atoms with E-state index in [1.807, 2.05) is 6.07 Å². The Balaban J connectivity index is 1.73. The molecule has 2 saturated heterocycles. The number of hydrogen-bond acceptors (Lipinski definition) is 7. The van der Waals surface area contributed by atoms with Crippen LogP contribution in [0.1, 0.15) is 12.8 Å². The topological polar surface area (TPSA) is 84.8 Å². The van der Waals surface area contributed by atoms with Crippen molar-refractivity contribution in [3.05, 3.63) is 12.4 Å². The Hall–Kier alpha value is -1.44. The number of hydrogen-bond donors (Lipinski definition) is 3. The predicted molar refractivity (Wildman–Crippen MR) is 80.6 cm³/mol. The molecule has 0 saturated carbocycles. The normalized spacial score (nSPS) is 25.0. The molecule has 0 amide bonds. The molecule has 3 N–H and O–H groups in total. The molecule has 0 radical (unpaired) electrons. The van der Waals surface area contributed by atoms with E-state index in [-0.39, 0.29) is 12.2 Å². The van der Waals surface area contributed by atoms with Gasteiger partial charge in [-0.2, -0.15) is 0 Å². The first-order chi connectivity index (χ1) is 10.2. The number of β-amino-alcohol motifs (C(OH)–C–C–N with tert-alkyl or cyclic N) is 1. The molecule has 1 atom stereocenters. The number of rotatable bonds is 2. The first-order valence-corrected chi connectivity index (χ1v) is 7.61. The largest absolute Gasteiger partial charge is 0.393 e. The maximum Gasteiger partial charge on any atom is 0.134 e. The average Bonchev–Trinajstić information content (AvgIpc) is 2.73. The maximum atomic E-state index is 9.88. The van der Waals surface area contributed by atoms with Gasteiger partial charge in [0.2, 0.25) is 0 Å². The van der Waals surface area contributed by atoms with Gasteiger partial charge in [0, 0.05) is 45.3 Å². The summed E-state index contributed by atoms with van der Waals surface area (Å²) in [7, 11) is 0. The monoisotopic (exact) mass is 293 g/mol. The van der Waals surface area contributed by atoms with Crippen LogP contribution in [0.4, 0.5) is 11.6 Å². The molecule has 0 aromatic carbocycles. The molecule has 0 spiro atoms. The summed E-state index contributed by atoms with van der Waals surface area (Å²) in [6, 6.07) is 1.98. The smallest absolute Gasteiger partial charge is 0.134 e. The number of nitrogens with one attached hydrogen (secondary N) is 1. The summed E-state index contributed by atoms with van der Waals surface area (Å²) in [4.78, 5) is 13.0. The number of aliphatic hydroxyl groups is 2. The highest BCUT2D eigenvalue weighted by Gasteiger charge is 2.21. The summed E-state index contributed by atoms with van der Waals surface area (Å²) in [5.41, 5.74) is 0. The summed E-state index contributed by atoms with van der Waals surface area (Å²) >= 11 is 0. The second-order valence-corrected chi connectivity index (χ2v) is 5.76. The Morgan fingerprint density at radius 3 is 2.48 bits per heavy atom. The fourth-order valence-electron chi connectivity index (χ4n) is 2.88. The second kappa shape index (κ2) is 6.55. The van der Waals surface area contributed by atoms with Gasteiger partial charge in [-0.3, -0.25) is 0 Å². The summed E-state index contributed by atoms with van der Waals surface area (Å²) in [6.45, 7) is 4.52. The second-order valence-electron chi connectivity index (χ2n) is 5.76. The highest BCUT2D eigenvalue weighted by Crippen LogP contribution is 2.21. The number of anilines is 2. The van der Waals surface area contributed by atoms with E-state index in [1.54, 1.807) is 6.33 Å². The number of piperidine rings is 1. The molecular weight excluding hydrogens is 270 g/mol. The maximum absolute atomic E-state index is 9.88. The molecule has 0 bridgehead atoms. The molecule has 1 aromatic heterocycles. The average molecular weight is 293 g/mol. The zero-order valence-electron chi connectivity index (χ0n) is 12.1. The number of aliphatic hydroxyl groups excluding tert-OH is 2. The molecular formula is C14H23N5O2. The lowest BCUT2D eigenvalue weighted by Crippen LogP contribution is -2.37. The quantitative estimate of drug-likeness (QED) is 0.659. The predicted octanol–water partition coefficient (Wildman–Crippen LogP) is -0.792. The highest BCUT2D eigenvalue weighted by atomic mass is 16.3. The zero-order valence-corrected chi connectivity index (χ0v) is 12.1. The molecule has 1 unspecified atom stereocenters. The molecule has 3 rings (SSSR count). The van der Waals surface area contributed by atoms with Gasteiger partial charge in [-0.05, 0) is 12.8 Å². The van der Waals surface area contributed by atoms with Gasteiger partial charge < -0.3 is 25.3 Å². The van der Waals surface area contributed by atoms with E-state index in [9.17, 15) is 10.2 Å². The summed E-state index contributed by atoms with van der Waals surface area (Å²) in [5.74, 6) is 1.76. The molecule has 21 heavy (non-hydrogen) atoms. The molecule has 2 aliphatic heterocycles. The van der Waals surface area contributed by atoms with E-state index in [0.717, 1.165) is 50.7 Å². The highest BCUT2D eigenvalue weighted by molar-refractivity contribution is 5.50. The third-order valence-electron chi connectivity index (χ3n) is 4.12. The van der Waals surface area contributed by atoms with Crippen LogP contribution >= 0.6 is 0 Å². The van der Waals surface area contributed by atoms with Crippen LogP contribution < -0.4 is 15.1 Å². The van der Waals surface area contributed by atoms with Gasteiger partial charge in [0.05, 0.1) is 12.2 Å². The van der Waals surface area contributed by atoms with E-state index in [2.05, 4.69) is 25.1 Å². The van der Waals surface area contributed by atoms with Crippen LogP contribution in [0.15, 0.2) is 12.4 Å². The standard InChI is InChI=1S/C14H23N5O2/c20-11-1-4-18(5-2-11)13-7-14(17-10-16-13)19-6-3-15-8-12(21)9-19/h7,10-12,15,20-21H,1-6,8-9H2. The minimum Gasteiger partial charge on any atom is -0.393 e. The Kier molecular flexibility index (Phi) is 4.52. The van der Waals surface area contributed by atoms with Crippen molar-refractivity contribution in [1.82, 2.24) is 15.3 Å². The minimum atomic E-state index is -0.379. The fourth-order valence-corrected chi connectivity index (χ4v) is 2.88. The van der Waals surface area contributed by atoms with Crippen molar-refractivity contribution in [1.29, 1.82) is 0 Å². The molecule has 116 valence electrons. The van der Waals surface area contributed by atoms with Crippen molar-refractivity contribution < 1.29 is 10.2 Å². The van der Waals surface area contributed by atoms with Crippen LogP contribution in [0.5, 0.6) is 0 Å². The van der Waals surface area contributed by atoms with Gasteiger partial charge in [-0.1, -0.05) is 0 Å². The van der Waals surface area contributed by atoms with Crippen molar-refractivity contribution >= 4 is 11.6 Å². The molecule has 0 aliphatic carbocycles. The van der Waals surface area contributed by atoms with Crippen molar-refractivity contribution in [3.63, 3.8) is 0 Å². The first kappa shape index (κ1) is 14.5. The van der Waals surface area contributed by atoms with E-state index >= 15 is 0 Å². The van der Waals surface area contributed by atoms with Gasteiger partial charge in [0.25, 0.3) is 0 Å². The van der Waals surface area contributed by atoms with Crippen LogP contribution in [0.2, 0.25) is 0 Å². The van der Waals surface area contributed by atoms with E-state index in [1.165, 1.54) is 0 Å². The summed E-state index contributed by atoms with van der Waals surface area (Å²) in [5, 5.41) is 22.7. The van der Waals surface area contributed by atoms with E-state index < -0.39 is 0 Å². The van der Waals surface area contributed by atoms with Crippen LogP contribution in [-0.2, 0) is 0 Å². The lowest BCUT2D eigenvalue weighted by molar-refractivity contribution is 0.145. The van der Waals surface area contributed by atoms with Crippen molar-refractivity contribution in [2.75, 3.05) is 49.1 Å². The minimum absolute atomic E-state index is 0.186. The first-order valence-electron chi connectivity index (χ1n) is 7.61. The summed E-state index contributed by atoms with van der Waals surface area (Å²) < 4.78 is 0. The Morgan fingerprint density at radius 1 is 1.00 bits per heavy atom. The van der Waals surface area contributed by atoms with Gasteiger partial charge in [-0.15, -0.1) is 0 Å². The lowest BCUT2D eigenvalue weighted by Gasteiger charge is -2.31. The zero-order chi connectivity index (χ0) is 14.7. The lowest BCUT2D eigenvalue weighted by atomic mass is 10.1.